The number of carbonyl (C=O) groups excluding carboxylic acids is 1. The molecule has 0 saturated carbocycles. The number of quaternary nitrogens is 1. The average molecular weight is 416 g/mol. The molecule has 0 aromatic heterocycles. The third kappa shape index (κ3) is 4.08. The van der Waals surface area contributed by atoms with Gasteiger partial charge in [-0.25, -0.2) is 0 Å². The number of hydrogen-bond acceptors (Lipinski definition) is 4. The Balaban J connectivity index is 1.65. The van der Waals surface area contributed by atoms with Gasteiger partial charge in [0.25, 0.3) is 0 Å². The van der Waals surface area contributed by atoms with Crippen molar-refractivity contribution in [2.45, 2.75) is 70.1 Å². The van der Waals surface area contributed by atoms with E-state index < -0.39 is 11.7 Å². The Morgan fingerprint density at radius 1 is 1.13 bits per heavy atom. The number of benzene rings is 1. The topological polar surface area (TPSA) is 74.4 Å². The maximum Gasteiger partial charge on any atom is 0.246 e. The fraction of sp³-hybridized carbons (Fsp3) is 0.625. The van der Waals surface area contributed by atoms with Crippen LogP contribution in [-0.2, 0) is 4.79 Å². The maximum atomic E-state index is 12.5. The van der Waals surface area contributed by atoms with Crippen molar-refractivity contribution in [3.05, 3.63) is 29.3 Å². The summed E-state index contributed by atoms with van der Waals surface area (Å²) in [6.07, 6.45) is 9.27. The van der Waals surface area contributed by atoms with Crippen LogP contribution >= 0.6 is 0 Å². The number of piperidine rings is 2. The number of rotatable bonds is 3. The van der Waals surface area contributed by atoms with Gasteiger partial charge in [0, 0.05) is 24.7 Å². The number of aliphatic hydroxyl groups is 1. The number of carbonyl (C=O) groups is 1. The first-order valence-corrected chi connectivity index (χ1v) is 11.4. The molecule has 1 amide bonds. The number of fused-ring (bicyclic) bond motifs is 1. The van der Waals surface area contributed by atoms with E-state index in [4.69, 9.17) is 4.74 Å². The Morgan fingerprint density at radius 2 is 1.80 bits per heavy atom. The van der Waals surface area contributed by atoms with Crippen LogP contribution in [-0.4, -0.2) is 58.9 Å². The zero-order valence-corrected chi connectivity index (χ0v) is 18.2. The van der Waals surface area contributed by atoms with Gasteiger partial charge >= 0.3 is 0 Å². The van der Waals surface area contributed by atoms with Crippen molar-refractivity contribution in [3.8, 4) is 11.5 Å². The zero-order chi connectivity index (χ0) is 21.3. The van der Waals surface area contributed by atoms with Gasteiger partial charge in [0.05, 0.1) is 18.7 Å². The third-order valence-electron chi connectivity index (χ3n) is 6.93. The van der Waals surface area contributed by atoms with Crippen LogP contribution in [0.4, 0.5) is 0 Å². The average Bonchev–Trinajstić information content (AvgIpc) is 2.75. The molecule has 3 aliphatic heterocycles. The SMILES string of the molecule is CC1(C)Oc2ccc(/C=C/C(=O)N3CCCCC3)c(O)c2[C@H]([NH+]2CCCCC2)[C@H]1O. The van der Waals surface area contributed by atoms with Gasteiger partial charge in [0.15, 0.2) is 6.04 Å². The molecule has 2 atom stereocenters. The predicted molar refractivity (Wildman–Crippen MR) is 116 cm³/mol. The van der Waals surface area contributed by atoms with Crippen LogP contribution in [0.3, 0.4) is 0 Å². The Morgan fingerprint density at radius 3 is 2.50 bits per heavy atom. The van der Waals surface area contributed by atoms with E-state index in [0.29, 0.717) is 16.9 Å². The molecule has 3 heterocycles. The Kier molecular flexibility index (Phi) is 6.07. The van der Waals surface area contributed by atoms with Crippen molar-refractivity contribution in [2.75, 3.05) is 26.2 Å². The summed E-state index contributed by atoms with van der Waals surface area (Å²) in [6.45, 7) is 7.36. The van der Waals surface area contributed by atoms with Crippen LogP contribution in [0.25, 0.3) is 6.08 Å². The van der Waals surface area contributed by atoms with Crippen LogP contribution in [0.5, 0.6) is 11.5 Å². The molecule has 2 saturated heterocycles. The number of aliphatic hydroxyl groups excluding tert-OH is 1. The minimum atomic E-state index is -0.726. The number of ether oxygens (including phenoxy) is 1. The number of phenolic OH excluding ortho intramolecular Hbond substituents is 1. The van der Waals surface area contributed by atoms with Crippen molar-refractivity contribution < 1.29 is 24.6 Å². The molecule has 0 spiro atoms. The monoisotopic (exact) mass is 415 g/mol. The van der Waals surface area contributed by atoms with Crippen LogP contribution in [0.2, 0.25) is 0 Å². The van der Waals surface area contributed by atoms with Gasteiger partial charge in [-0.2, -0.15) is 0 Å². The number of hydrogen-bond donors (Lipinski definition) is 3. The van der Waals surface area contributed by atoms with Gasteiger partial charge in [-0.05, 0) is 70.6 Å². The van der Waals surface area contributed by atoms with Crippen LogP contribution in [0, 0.1) is 0 Å². The fourth-order valence-electron chi connectivity index (χ4n) is 5.16. The predicted octanol–water partition coefficient (Wildman–Crippen LogP) is 2.06. The first-order chi connectivity index (χ1) is 14.4. The molecule has 0 bridgehead atoms. The lowest BCUT2D eigenvalue weighted by Gasteiger charge is -2.45. The van der Waals surface area contributed by atoms with Gasteiger partial charge in [0.2, 0.25) is 5.91 Å². The van der Waals surface area contributed by atoms with Crippen molar-refractivity contribution in [3.63, 3.8) is 0 Å². The highest BCUT2D eigenvalue weighted by Gasteiger charge is 2.49. The van der Waals surface area contributed by atoms with E-state index in [1.807, 2.05) is 24.8 Å². The van der Waals surface area contributed by atoms with E-state index in [9.17, 15) is 15.0 Å². The van der Waals surface area contributed by atoms with Crippen molar-refractivity contribution in [2.24, 2.45) is 0 Å². The first kappa shape index (κ1) is 21.2. The molecule has 0 aliphatic carbocycles. The second-order valence-electron chi connectivity index (χ2n) is 9.48. The maximum absolute atomic E-state index is 12.5. The number of amides is 1. The minimum Gasteiger partial charge on any atom is -0.507 e. The summed E-state index contributed by atoms with van der Waals surface area (Å²) >= 11 is 0. The number of nitrogens with zero attached hydrogens (tertiary/aromatic N) is 1. The summed E-state index contributed by atoms with van der Waals surface area (Å²) in [6, 6.07) is 3.42. The largest absolute Gasteiger partial charge is 0.507 e. The minimum absolute atomic E-state index is 0.0116. The molecule has 0 unspecified atom stereocenters. The second kappa shape index (κ2) is 8.60. The van der Waals surface area contributed by atoms with Crippen molar-refractivity contribution in [1.82, 2.24) is 4.90 Å². The lowest BCUT2D eigenvalue weighted by molar-refractivity contribution is -0.941. The fourth-order valence-corrected chi connectivity index (χ4v) is 5.16. The highest BCUT2D eigenvalue weighted by atomic mass is 16.5. The summed E-state index contributed by atoms with van der Waals surface area (Å²) < 4.78 is 6.09. The number of phenols is 1. The quantitative estimate of drug-likeness (QED) is 0.661. The standard InChI is InChI=1S/C24H34N2O4/c1-24(2)23(29)21(26-15-7-4-8-16-26)20-18(30-24)11-9-17(22(20)28)10-12-19(27)25-13-5-3-6-14-25/h9-12,21,23,28-29H,3-8,13-16H2,1-2H3/p+1/b12-10+/t21-,23+/m0/s1. The summed E-state index contributed by atoms with van der Waals surface area (Å²) in [7, 11) is 0. The number of likely N-dealkylation sites (tertiary alicyclic amines) is 2. The lowest BCUT2D eigenvalue weighted by atomic mass is 9.83. The molecule has 6 heteroatoms. The molecule has 30 heavy (non-hydrogen) atoms. The van der Waals surface area contributed by atoms with E-state index in [1.165, 1.54) is 17.7 Å². The Bertz CT molecular complexity index is 808. The summed E-state index contributed by atoms with van der Waals surface area (Å²) in [5.74, 6) is 0.737. The summed E-state index contributed by atoms with van der Waals surface area (Å²) in [5.41, 5.74) is 0.540. The summed E-state index contributed by atoms with van der Waals surface area (Å²) in [5, 5.41) is 22.3. The van der Waals surface area contributed by atoms with Gasteiger partial charge in [-0.1, -0.05) is 0 Å². The van der Waals surface area contributed by atoms with E-state index in [2.05, 4.69) is 0 Å². The molecule has 3 aliphatic rings. The summed E-state index contributed by atoms with van der Waals surface area (Å²) in [4.78, 5) is 15.7. The molecule has 1 aromatic carbocycles. The lowest BCUT2D eigenvalue weighted by Crippen LogP contribution is -3.14. The van der Waals surface area contributed by atoms with Gasteiger partial charge in [0.1, 0.15) is 23.2 Å². The van der Waals surface area contributed by atoms with Crippen LogP contribution < -0.4 is 9.64 Å². The van der Waals surface area contributed by atoms with Crippen molar-refractivity contribution >= 4 is 12.0 Å². The van der Waals surface area contributed by atoms with Crippen molar-refractivity contribution in [1.29, 1.82) is 0 Å². The molecule has 1 aromatic rings. The second-order valence-corrected chi connectivity index (χ2v) is 9.48. The number of nitrogens with one attached hydrogen (secondary N) is 1. The Labute approximate surface area is 179 Å². The molecule has 0 radical (unpaired) electrons. The normalized spacial score (nSPS) is 27.0. The third-order valence-corrected chi connectivity index (χ3v) is 6.93. The molecular formula is C24H35N2O4+. The first-order valence-electron chi connectivity index (χ1n) is 11.4. The van der Waals surface area contributed by atoms with E-state index in [0.717, 1.165) is 51.9 Å². The number of aromatic hydroxyl groups is 1. The van der Waals surface area contributed by atoms with Crippen LogP contribution in [0.15, 0.2) is 18.2 Å². The van der Waals surface area contributed by atoms with E-state index in [1.54, 1.807) is 18.2 Å². The highest BCUT2D eigenvalue weighted by molar-refractivity contribution is 5.92. The molecule has 6 nitrogen and oxygen atoms in total. The van der Waals surface area contributed by atoms with Gasteiger partial charge in [-0.15, -0.1) is 0 Å². The molecule has 3 N–H and O–H groups in total. The molecule has 164 valence electrons. The molecular weight excluding hydrogens is 380 g/mol. The molecule has 2 fully saturated rings. The Hall–Kier alpha value is -2.05. The van der Waals surface area contributed by atoms with Crippen LogP contribution in [0.1, 0.15) is 69.5 Å². The zero-order valence-electron chi connectivity index (χ0n) is 18.2. The van der Waals surface area contributed by atoms with E-state index >= 15 is 0 Å². The van der Waals surface area contributed by atoms with Gasteiger partial charge < -0.3 is 24.7 Å². The smallest absolute Gasteiger partial charge is 0.246 e. The van der Waals surface area contributed by atoms with E-state index in [-0.39, 0.29) is 17.7 Å². The van der Waals surface area contributed by atoms with Gasteiger partial charge in [-0.3, -0.25) is 4.79 Å². The molecule has 4 rings (SSSR count). The highest BCUT2D eigenvalue weighted by Crippen LogP contribution is 2.44.